The number of aromatic nitrogens is 1. The summed E-state index contributed by atoms with van der Waals surface area (Å²) in [5, 5.41) is 5.64. The summed E-state index contributed by atoms with van der Waals surface area (Å²) >= 11 is 6.06. The molecule has 0 atom stereocenters. The van der Waals surface area contributed by atoms with Crippen LogP contribution >= 0.6 is 11.6 Å². The van der Waals surface area contributed by atoms with Gasteiger partial charge in [0.1, 0.15) is 0 Å². The molecular weight excluding hydrogens is 232 g/mol. The fourth-order valence-corrected chi connectivity index (χ4v) is 2.54. The van der Waals surface area contributed by atoms with Gasteiger partial charge < -0.3 is 10.3 Å². The smallest absolute Gasteiger partial charge is 0.0459 e. The molecule has 0 saturated heterocycles. The highest BCUT2D eigenvalue weighted by Crippen LogP contribution is 2.26. The van der Waals surface area contributed by atoms with E-state index in [1.807, 2.05) is 6.07 Å². The van der Waals surface area contributed by atoms with Gasteiger partial charge in [-0.25, -0.2) is 0 Å². The number of H-pyrrole nitrogens is 1. The largest absolute Gasteiger partial charge is 0.358 e. The van der Waals surface area contributed by atoms with Gasteiger partial charge >= 0.3 is 0 Å². The van der Waals surface area contributed by atoms with Gasteiger partial charge in [-0.15, -0.1) is 0 Å². The predicted molar refractivity (Wildman–Crippen MR) is 72.8 cm³/mol. The summed E-state index contributed by atoms with van der Waals surface area (Å²) in [7, 11) is 0. The Morgan fingerprint density at radius 3 is 3.00 bits per heavy atom. The highest BCUT2D eigenvalue weighted by atomic mass is 35.5. The van der Waals surface area contributed by atoms with Crippen LogP contribution in [0.1, 0.15) is 24.1 Å². The Kier molecular flexibility index (Phi) is 2.85. The Bertz CT molecular complexity index is 540. The number of aryl methyl sites for hydroxylation is 1. The number of fused-ring (bicyclic) bond motifs is 1. The standard InChI is InChI=1S/C14H17ClN2/c1-9-12(6-7-16-11-3-4-11)13-8-10(15)2-5-14(13)17-9/h2,5,8,11,16-17H,3-4,6-7H2,1H3. The van der Waals surface area contributed by atoms with Crippen LogP contribution in [0.5, 0.6) is 0 Å². The van der Waals surface area contributed by atoms with Gasteiger partial charge in [0.15, 0.2) is 0 Å². The summed E-state index contributed by atoms with van der Waals surface area (Å²) in [6, 6.07) is 6.84. The van der Waals surface area contributed by atoms with E-state index in [0.717, 1.165) is 24.0 Å². The molecule has 1 aliphatic carbocycles. The molecule has 2 nitrogen and oxygen atoms in total. The van der Waals surface area contributed by atoms with E-state index in [0.29, 0.717) is 0 Å². The van der Waals surface area contributed by atoms with Gasteiger partial charge in [-0.05, 0) is 56.5 Å². The van der Waals surface area contributed by atoms with Crippen LogP contribution in [0.15, 0.2) is 18.2 Å². The van der Waals surface area contributed by atoms with Crippen molar-refractivity contribution in [1.29, 1.82) is 0 Å². The molecule has 0 bridgehead atoms. The fraction of sp³-hybridized carbons (Fsp3) is 0.429. The first-order chi connectivity index (χ1) is 8.24. The molecule has 0 unspecified atom stereocenters. The van der Waals surface area contributed by atoms with E-state index in [-0.39, 0.29) is 0 Å². The first-order valence-electron chi connectivity index (χ1n) is 6.24. The molecule has 3 rings (SSSR count). The minimum Gasteiger partial charge on any atom is -0.358 e. The molecule has 1 aromatic heterocycles. The third kappa shape index (κ3) is 2.33. The molecule has 3 heteroatoms. The molecule has 1 fully saturated rings. The molecule has 2 N–H and O–H groups in total. The second kappa shape index (κ2) is 4.35. The Morgan fingerprint density at radius 2 is 2.24 bits per heavy atom. The molecule has 90 valence electrons. The van der Waals surface area contributed by atoms with Gasteiger partial charge in [0.25, 0.3) is 0 Å². The van der Waals surface area contributed by atoms with Crippen LogP contribution in [0.2, 0.25) is 5.02 Å². The van der Waals surface area contributed by atoms with Crippen molar-refractivity contribution in [3.63, 3.8) is 0 Å². The zero-order chi connectivity index (χ0) is 11.8. The molecular formula is C14H17ClN2. The van der Waals surface area contributed by atoms with Crippen LogP contribution in [0.4, 0.5) is 0 Å². The fourth-order valence-electron chi connectivity index (χ4n) is 2.37. The molecule has 1 aromatic carbocycles. The van der Waals surface area contributed by atoms with Crippen LogP contribution < -0.4 is 5.32 Å². The van der Waals surface area contributed by atoms with E-state index in [4.69, 9.17) is 11.6 Å². The SMILES string of the molecule is Cc1[nH]c2ccc(Cl)cc2c1CCNC1CC1. The maximum absolute atomic E-state index is 6.06. The van der Waals surface area contributed by atoms with E-state index in [2.05, 4.69) is 29.4 Å². The van der Waals surface area contributed by atoms with E-state index < -0.39 is 0 Å². The van der Waals surface area contributed by atoms with Gasteiger partial charge in [-0.3, -0.25) is 0 Å². The molecule has 0 aliphatic heterocycles. The number of rotatable bonds is 4. The van der Waals surface area contributed by atoms with Crippen LogP contribution in [0, 0.1) is 6.92 Å². The molecule has 1 heterocycles. The maximum Gasteiger partial charge on any atom is 0.0459 e. The number of halogens is 1. The van der Waals surface area contributed by atoms with Crippen molar-refractivity contribution in [2.45, 2.75) is 32.2 Å². The van der Waals surface area contributed by atoms with Gasteiger partial charge in [-0.1, -0.05) is 11.6 Å². The van der Waals surface area contributed by atoms with E-state index in [9.17, 15) is 0 Å². The second-order valence-corrected chi connectivity index (χ2v) is 5.33. The van der Waals surface area contributed by atoms with Gasteiger partial charge in [0.05, 0.1) is 0 Å². The van der Waals surface area contributed by atoms with Crippen molar-refractivity contribution in [1.82, 2.24) is 10.3 Å². The summed E-state index contributed by atoms with van der Waals surface area (Å²) in [6.45, 7) is 3.20. The Morgan fingerprint density at radius 1 is 1.41 bits per heavy atom. The molecule has 17 heavy (non-hydrogen) atoms. The minimum absolute atomic E-state index is 0.782. The lowest BCUT2D eigenvalue weighted by molar-refractivity contribution is 0.682. The third-order valence-electron chi connectivity index (χ3n) is 3.47. The lowest BCUT2D eigenvalue weighted by Crippen LogP contribution is -2.19. The number of hydrogen-bond donors (Lipinski definition) is 2. The summed E-state index contributed by atoms with van der Waals surface area (Å²) in [5.41, 5.74) is 3.85. The molecule has 0 spiro atoms. The Hall–Kier alpha value is -0.990. The average Bonchev–Trinajstić information content (AvgIpc) is 3.06. The molecule has 2 aromatic rings. The predicted octanol–water partition coefficient (Wildman–Crippen LogP) is 3.42. The summed E-state index contributed by atoms with van der Waals surface area (Å²) in [5.74, 6) is 0. The minimum atomic E-state index is 0.782. The van der Waals surface area contributed by atoms with E-state index >= 15 is 0 Å². The topological polar surface area (TPSA) is 27.8 Å². The first kappa shape index (κ1) is 11.1. The van der Waals surface area contributed by atoms with Gasteiger partial charge in [0, 0.05) is 27.7 Å². The zero-order valence-corrected chi connectivity index (χ0v) is 10.8. The van der Waals surface area contributed by atoms with Crippen molar-refractivity contribution in [2.75, 3.05) is 6.54 Å². The second-order valence-electron chi connectivity index (χ2n) is 4.90. The number of benzene rings is 1. The summed E-state index contributed by atoms with van der Waals surface area (Å²) < 4.78 is 0. The van der Waals surface area contributed by atoms with Gasteiger partial charge in [0.2, 0.25) is 0 Å². The van der Waals surface area contributed by atoms with Crippen LogP contribution in [0.25, 0.3) is 10.9 Å². The van der Waals surface area contributed by atoms with Crippen molar-refractivity contribution in [3.8, 4) is 0 Å². The Labute approximate surface area is 106 Å². The van der Waals surface area contributed by atoms with Crippen molar-refractivity contribution in [3.05, 3.63) is 34.5 Å². The highest BCUT2D eigenvalue weighted by molar-refractivity contribution is 6.31. The number of nitrogens with one attached hydrogen (secondary N) is 2. The first-order valence-corrected chi connectivity index (χ1v) is 6.62. The third-order valence-corrected chi connectivity index (χ3v) is 3.70. The normalized spacial score (nSPS) is 15.6. The number of hydrogen-bond acceptors (Lipinski definition) is 1. The quantitative estimate of drug-likeness (QED) is 0.853. The monoisotopic (exact) mass is 248 g/mol. The van der Waals surface area contributed by atoms with Crippen LogP contribution in [0.3, 0.4) is 0 Å². The van der Waals surface area contributed by atoms with Crippen molar-refractivity contribution in [2.24, 2.45) is 0 Å². The lowest BCUT2D eigenvalue weighted by Gasteiger charge is -2.03. The van der Waals surface area contributed by atoms with Gasteiger partial charge in [-0.2, -0.15) is 0 Å². The summed E-state index contributed by atoms with van der Waals surface area (Å²) in [4.78, 5) is 3.42. The van der Waals surface area contributed by atoms with Crippen molar-refractivity contribution >= 4 is 22.5 Å². The summed E-state index contributed by atoms with van der Waals surface area (Å²) in [6.07, 6.45) is 3.76. The van der Waals surface area contributed by atoms with Crippen molar-refractivity contribution < 1.29 is 0 Å². The van der Waals surface area contributed by atoms with E-state index in [1.54, 1.807) is 0 Å². The average molecular weight is 249 g/mol. The van der Waals surface area contributed by atoms with Crippen LogP contribution in [-0.2, 0) is 6.42 Å². The number of aromatic amines is 1. The molecule has 1 aliphatic rings. The zero-order valence-electron chi connectivity index (χ0n) is 10.0. The molecule has 0 amide bonds. The van der Waals surface area contributed by atoms with E-state index in [1.165, 1.54) is 35.0 Å². The molecule has 1 saturated carbocycles. The highest BCUT2D eigenvalue weighted by Gasteiger charge is 2.20. The lowest BCUT2D eigenvalue weighted by atomic mass is 10.1. The van der Waals surface area contributed by atoms with Crippen LogP contribution in [-0.4, -0.2) is 17.6 Å². The maximum atomic E-state index is 6.06. The Balaban J connectivity index is 1.84. The molecule has 0 radical (unpaired) electrons.